The first-order valence-corrected chi connectivity index (χ1v) is 9.72. The predicted molar refractivity (Wildman–Crippen MR) is 117 cm³/mol. The number of fused-ring (bicyclic) bond motifs is 1. The van der Waals surface area contributed by atoms with E-state index in [1.54, 1.807) is 6.20 Å². The molecule has 0 aliphatic rings. The average Bonchev–Trinajstić information content (AvgIpc) is 3.45. The summed E-state index contributed by atoms with van der Waals surface area (Å²) in [6.07, 6.45) is 4.02. The van der Waals surface area contributed by atoms with Crippen molar-refractivity contribution in [2.75, 3.05) is 0 Å². The first-order chi connectivity index (χ1) is 14.8. The third-order valence-electron chi connectivity index (χ3n) is 4.67. The number of aldehydes is 1. The highest BCUT2D eigenvalue weighted by Crippen LogP contribution is 2.24. The van der Waals surface area contributed by atoms with Crippen LogP contribution >= 0.6 is 0 Å². The van der Waals surface area contributed by atoms with E-state index in [1.165, 1.54) is 5.56 Å². The number of hydrogen-bond acceptors (Lipinski definition) is 4. The molecule has 2 heterocycles. The van der Waals surface area contributed by atoms with E-state index in [0.717, 1.165) is 46.2 Å². The SMILES string of the molecule is O=CCc1ccccc1.c1ccc(Cc2cc(-c3ccc4[nH]ncc4c3)on2)cc1. The second kappa shape index (κ2) is 9.47. The first kappa shape index (κ1) is 19.3. The van der Waals surface area contributed by atoms with Gasteiger partial charge in [-0.05, 0) is 29.3 Å². The van der Waals surface area contributed by atoms with Crippen molar-refractivity contribution in [3.8, 4) is 11.3 Å². The maximum absolute atomic E-state index is 9.97. The van der Waals surface area contributed by atoms with Crippen molar-refractivity contribution in [1.29, 1.82) is 0 Å². The molecule has 0 unspecified atom stereocenters. The number of aromatic amines is 1. The van der Waals surface area contributed by atoms with Crippen molar-refractivity contribution in [3.05, 3.63) is 108 Å². The minimum absolute atomic E-state index is 0.529. The summed E-state index contributed by atoms with van der Waals surface area (Å²) in [5, 5.41) is 12.2. The maximum Gasteiger partial charge on any atom is 0.167 e. The second-order valence-electron chi connectivity index (χ2n) is 6.87. The van der Waals surface area contributed by atoms with E-state index in [4.69, 9.17) is 4.52 Å². The molecule has 5 heteroatoms. The molecule has 1 N–H and O–H groups in total. The Hall–Kier alpha value is -3.99. The van der Waals surface area contributed by atoms with Gasteiger partial charge in [-0.2, -0.15) is 5.10 Å². The van der Waals surface area contributed by atoms with Gasteiger partial charge in [-0.25, -0.2) is 0 Å². The summed E-state index contributed by atoms with van der Waals surface area (Å²) in [7, 11) is 0. The zero-order valence-electron chi connectivity index (χ0n) is 16.4. The minimum Gasteiger partial charge on any atom is -0.356 e. The fraction of sp³-hybridized carbons (Fsp3) is 0.0800. The third kappa shape index (κ3) is 4.89. The lowest BCUT2D eigenvalue weighted by Gasteiger charge is -1.95. The van der Waals surface area contributed by atoms with Crippen LogP contribution in [0, 0.1) is 0 Å². The van der Waals surface area contributed by atoms with Crippen LogP contribution in [0.3, 0.4) is 0 Å². The fourth-order valence-electron chi connectivity index (χ4n) is 3.14. The molecular formula is C25H21N3O2. The molecule has 148 valence electrons. The molecular weight excluding hydrogens is 374 g/mol. The quantitative estimate of drug-likeness (QED) is 0.413. The van der Waals surface area contributed by atoms with Crippen LogP contribution in [0.15, 0.2) is 95.6 Å². The third-order valence-corrected chi connectivity index (χ3v) is 4.67. The summed E-state index contributed by atoms with van der Waals surface area (Å²) >= 11 is 0. The normalized spacial score (nSPS) is 10.4. The van der Waals surface area contributed by atoms with Gasteiger partial charge >= 0.3 is 0 Å². The number of nitrogens with zero attached hydrogens (tertiary/aromatic N) is 2. The van der Waals surface area contributed by atoms with E-state index in [9.17, 15) is 4.79 Å². The Bertz CT molecular complexity index is 1210. The Morgan fingerprint density at radius 3 is 2.33 bits per heavy atom. The zero-order chi connectivity index (χ0) is 20.6. The molecule has 0 saturated carbocycles. The lowest BCUT2D eigenvalue weighted by Crippen LogP contribution is -1.86. The summed E-state index contributed by atoms with van der Waals surface area (Å²) in [5.74, 6) is 0.782. The number of nitrogens with one attached hydrogen (secondary N) is 1. The lowest BCUT2D eigenvalue weighted by molar-refractivity contribution is -0.107. The molecule has 0 aliphatic carbocycles. The van der Waals surface area contributed by atoms with Gasteiger partial charge in [0, 0.05) is 29.9 Å². The monoisotopic (exact) mass is 395 g/mol. The van der Waals surface area contributed by atoms with E-state index in [0.29, 0.717) is 6.42 Å². The summed E-state index contributed by atoms with van der Waals surface area (Å²) in [5.41, 5.74) is 5.26. The van der Waals surface area contributed by atoms with Gasteiger partial charge in [0.25, 0.3) is 0 Å². The lowest BCUT2D eigenvalue weighted by atomic mass is 10.1. The van der Waals surface area contributed by atoms with Gasteiger partial charge in [-0.3, -0.25) is 5.10 Å². The van der Waals surface area contributed by atoms with Crippen LogP contribution in [0.2, 0.25) is 0 Å². The van der Waals surface area contributed by atoms with Crippen LogP contribution in [0.25, 0.3) is 22.2 Å². The second-order valence-corrected chi connectivity index (χ2v) is 6.87. The fourth-order valence-corrected chi connectivity index (χ4v) is 3.14. The number of benzene rings is 3. The number of carbonyl (C=O) groups excluding carboxylic acids is 1. The van der Waals surface area contributed by atoms with Crippen molar-refractivity contribution in [2.45, 2.75) is 12.8 Å². The highest BCUT2D eigenvalue weighted by molar-refractivity contribution is 5.82. The highest BCUT2D eigenvalue weighted by atomic mass is 16.5. The van der Waals surface area contributed by atoms with Gasteiger partial charge in [-0.1, -0.05) is 65.8 Å². The Labute approximate surface area is 174 Å². The van der Waals surface area contributed by atoms with Crippen molar-refractivity contribution in [2.24, 2.45) is 0 Å². The largest absolute Gasteiger partial charge is 0.356 e. The molecule has 0 spiro atoms. The topological polar surface area (TPSA) is 71.8 Å². The van der Waals surface area contributed by atoms with Gasteiger partial charge in [0.05, 0.1) is 17.4 Å². The summed E-state index contributed by atoms with van der Waals surface area (Å²) in [4.78, 5) is 9.97. The smallest absolute Gasteiger partial charge is 0.167 e. The minimum atomic E-state index is 0.529. The van der Waals surface area contributed by atoms with Crippen LogP contribution < -0.4 is 0 Å². The van der Waals surface area contributed by atoms with Crippen LogP contribution in [-0.2, 0) is 17.6 Å². The molecule has 2 aromatic heterocycles. The molecule has 5 nitrogen and oxygen atoms in total. The van der Waals surface area contributed by atoms with E-state index in [-0.39, 0.29) is 0 Å². The van der Waals surface area contributed by atoms with E-state index < -0.39 is 0 Å². The van der Waals surface area contributed by atoms with Gasteiger partial charge in [0.1, 0.15) is 6.29 Å². The molecule has 0 atom stereocenters. The van der Waals surface area contributed by atoms with Crippen LogP contribution in [-0.4, -0.2) is 21.6 Å². The molecule has 3 aromatic carbocycles. The molecule has 5 aromatic rings. The zero-order valence-corrected chi connectivity index (χ0v) is 16.4. The highest BCUT2D eigenvalue weighted by Gasteiger charge is 2.08. The van der Waals surface area contributed by atoms with E-state index in [1.807, 2.05) is 72.8 Å². The Morgan fingerprint density at radius 2 is 1.60 bits per heavy atom. The Balaban J connectivity index is 0.000000204. The molecule has 0 radical (unpaired) electrons. The van der Waals surface area contributed by atoms with Crippen LogP contribution in [0.1, 0.15) is 16.8 Å². The van der Waals surface area contributed by atoms with Crippen molar-refractivity contribution in [3.63, 3.8) is 0 Å². The van der Waals surface area contributed by atoms with E-state index >= 15 is 0 Å². The molecule has 0 aliphatic heterocycles. The number of H-pyrrole nitrogens is 1. The molecule has 0 saturated heterocycles. The van der Waals surface area contributed by atoms with Crippen LogP contribution in [0.4, 0.5) is 0 Å². The number of rotatable bonds is 5. The van der Waals surface area contributed by atoms with E-state index in [2.05, 4.69) is 27.5 Å². The van der Waals surface area contributed by atoms with Gasteiger partial charge < -0.3 is 9.32 Å². The molecule has 0 fully saturated rings. The number of aromatic nitrogens is 3. The van der Waals surface area contributed by atoms with Crippen molar-refractivity contribution >= 4 is 17.2 Å². The van der Waals surface area contributed by atoms with Crippen LogP contribution in [0.5, 0.6) is 0 Å². The van der Waals surface area contributed by atoms with Gasteiger partial charge in [-0.15, -0.1) is 0 Å². The van der Waals surface area contributed by atoms with Gasteiger partial charge in [0.2, 0.25) is 0 Å². The summed E-state index contributed by atoms with van der Waals surface area (Å²) < 4.78 is 5.47. The Kier molecular flexibility index (Phi) is 6.11. The Morgan fingerprint density at radius 1 is 0.867 bits per heavy atom. The number of hydrogen-bond donors (Lipinski definition) is 1. The molecule has 0 amide bonds. The van der Waals surface area contributed by atoms with Crippen molar-refractivity contribution < 1.29 is 9.32 Å². The number of carbonyl (C=O) groups is 1. The molecule has 30 heavy (non-hydrogen) atoms. The molecule has 5 rings (SSSR count). The standard InChI is InChI=1S/C17H13N3O.C8H8O/c1-2-4-12(5-3-1)8-15-10-17(21-20-15)13-6-7-16-14(9-13)11-18-19-16;9-7-6-8-4-2-1-3-5-8/h1-7,9-11H,8H2,(H,18,19);1-5,7H,6H2. The van der Waals surface area contributed by atoms with Gasteiger partial charge in [0.15, 0.2) is 5.76 Å². The molecule has 0 bridgehead atoms. The summed E-state index contributed by atoms with van der Waals surface area (Å²) in [6.45, 7) is 0. The summed E-state index contributed by atoms with van der Waals surface area (Å²) in [6, 6.07) is 28.0. The maximum atomic E-state index is 9.97. The first-order valence-electron chi connectivity index (χ1n) is 9.72. The predicted octanol–water partition coefficient (Wildman–Crippen LogP) is 5.24. The average molecular weight is 395 g/mol. The van der Waals surface area contributed by atoms with Crippen molar-refractivity contribution in [1.82, 2.24) is 15.4 Å².